The molecule has 28 heavy (non-hydrogen) atoms. The summed E-state index contributed by atoms with van der Waals surface area (Å²) in [5.74, 6) is -0.477. The fourth-order valence-electron chi connectivity index (χ4n) is 4.39. The Kier molecular flexibility index (Phi) is 4.84. The van der Waals surface area contributed by atoms with E-state index in [1.54, 1.807) is 16.7 Å². The Labute approximate surface area is 168 Å². The Morgan fingerprint density at radius 3 is 2.46 bits per heavy atom. The third-order valence-electron chi connectivity index (χ3n) is 5.60. The van der Waals surface area contributed by atoms with Crippen molar-refractivity contribution < 1.29 is 17.9 Å². The van der Waals surface area contributed by atoms with Crippen LogP contribution in [0.2, 0.25) is 5.02 Å². The van der Waals surface area contributed by atoms with Gasteiger partial charge in [0.25, 0.3) is 5.91 Å². The van der Waals surface area contributed by atoms with Crippen molar-refractivity contribution in [3.05, 3.63) is 41.2 Å². The Bertz CT molecular complexity index is 1010. The monoisotopic (exact) mass is 424 g/mol. The highest BCUT2D eigenvalue weighted by Gasteiger charge is 2.47. The maximum Gasteiger partial charge on any atom is 0.252 e. The maximum atomic E-state index is 13.4. The minimum atomic E-state index is -3.77. The third-order valence-corrected chi connectivity index (χ3v) is 7.79. The fourth-order valence-corrected chi connectivity index (χ4v) is 6.45. The second-order valence-electron chi connectivity index (χ2n) is 7.21. The van der Waals surface area contributed by atoms with E-state index in [0.717, 1.165) is 12.8 Å². The highest BCUT2D eigenvalue weighted by atomic mass is 35.5. The van der Waals surface area contributed by atoms with Gasteiger partial charge in [-0.05, 0) is 43.9 Å². The van der Waals surface area contributed by atoms with Crippen molar-refractivity contribution in [3.63, 3.8) is 0 Å². The van der Waals surface area contributed by atoms with Gasteiger partial charge >= 0.3 is 0 Å². The number of primary amides is 1. The molecule has 2 aliphatic heterocycles. The molecule has 150 valence electrons. The molecule has 2 aliphatic rings. The number of carbonyl (C=O) groups is 1. The molecule has 2 atom stereocenters. The van der Waals surface area contributed by atoms with Crippen LogP contribution >= 0.6 is 11.6 Å². The van der Waals surface area contributed by atoms with Gasteiger partial charge in [-0.15, -0.1) is 0 Å². The zero-order valence-corrected chi connectivity index (χ0v) is 16.9. The number of halogens is 1. The summed E-state index contributed by atoms with van der Waals surface area (Å²) >= 11 is 5.98. The summed E-state index contributed by atoms with van der Waals surface area (Å²) in [6.07, 6.45) is 6.31. The number of aromatic nitrogens is 2. The number of nitrogens with two attached hydrogens (primary N) is 1. The lowest BCUT2D eigenvalue weighted by Crippen LogP contribution is -2.46. The molecule has 10 heteroatoms. The van der Waals surface area contributed by atoms with Crippen LogP contribution in [0.5, 0.6) is 5.75 Å². The molecule has 2 aromatic rings. The van der Waals surface area contributed by atoms with Crippen molar-refractivity contribution in [2.45, 2.75) is 48.7 Å². The molecule has 2 N–H and O–H groups in total. The molecule has 0 radical (unpaired) electrons. The number of benzene rings is 1. The van der Waals surface area contributed by atoms with E-state index < -0.39 is 15.9 Å². The number of fused-ring (bicyclic) bond motifs is 2. The van der Waals surface area contributed by atoms with Gasteiger partial charge in [0.15, 0.2) is 0 Å². The first-order valence-corrected chi connectivity index (χ1v) is 10.8. The Morgan fingerprint density at radius 1 is 1.25 bits per heavy atom. The molecule has 0 spiro atoms. The Hall–Kier alpha value is -2.10. The first kappa shape index (κ1) is 19.2. The number of hydrogen-bond acceptors (Lipinski definition) is 5. The first-order chi connectivity index (χ1) is 13.3. The molecule has 3 heterocycles. The number of methoxy groups -OCH3 is 1. The highest BCUT2D eigenvalue weighted by Crippen LogP contribution is 2.44. The second-order valence-corrected chi connectivity index (χ2v) is 9.49. The third kappa shape index (κ3) is 3.17. The molecular weight excluding hydrogens is 404 g/mol. The normalized spacial score (nSPS) is 25.0. The van der Waals surface area contributed by atoms with Gasteiger partial charge in [0.2, 0.25) is 10.0 Å². The molecule has 4 rings (SSSR count). The van der Waals surface area contributed by atoms with E-state index >= 15 is 0 Å². The van der Waals surface area contributed by atoms with Gasteiger partial charge in [0, 0.05) is 18.3 Å². The molecule has 2 bridgehead atoms. The van der Waals surface area contributed by atoms with Gasteiger partial charge < -0.3 is 10.5 Å². The quantitative estimate of drug-likeness (QED) is 0.791. The van der Waals surface area contributed by atoms with E-state index in [0.29, 0.717) is 17.9 Å². The van der Waals surface area contributed by atoms with Crippen LogP contribution in [0.15, 0.2) is 35.5 Å². The van der Waals surface area contributed by atoms with Gasteiger partial charge in [-0.3, -0.25) is 9.48 Å². The zero-order chi connectivity index (χ0) is 20.1. The van der Waals surface area contributed by atoms with Crippen molar-refractivity contribution in [2.24, 2.45) is 5.73 Å². The van der Waals surface area contributed by atoms with Crippen molar-refractivity contribution in [1.82, 2.24) is 14.1 Å². The summed E-state index contributed by atoms with van der Waals surface area (Å²) in [6, 6.07) is 4.11. The standard InChI is InChI=1S/C18H21ClN4O4S/c1-27-17-5-4-15(8-16(17)18(20)24)28(25,26)23-12-2-3-13(23)7-14(6-12)22-10-11(19)9-21-22/h4-5,8-10,12-14H,2-3,6-7H2,1H3,(H2,20,24). The van der Waals surface area contributed by atoms with Crippen LogP contribution in [0.3, 0.4) is 0 Å². The molecule has 2 fully saturated rings. The maximum absolute atomic E-state index is 13.4. The van der Waals surface area contributed by atoms with Crippen LogP contribution in [-0.4, -0.2) is 47.6 Å². The Balaban J connectivity index is 1.64. The summed E-state index contributed by atoms with van der Waals surface area (Å²) in [5, 5.41) is 4.85. The smallest absolute Gasteiger partial charge is 0.252 e. The first-order valence-electron chi connectivity index (χ1n) is 9.02. The number of ether oxygens (including phenoxy) is 1. The van der Waals surface area contributed by atoms with E-state index in [9.17, 15) is 13.2 Å². The van der Waals surface area contributed by atoms with E-state index in [4.69, 9.17) is 22.1 Å². The number of nitrogens with zero attached hydrogens (tertiary/aromatic N) is 3. The van der Waals surface area contributed by atoms with E-state index in [-0.39, 0.29) is 34.3 Å². The molecule has 0 aliphatic carbocycles. The number of amides is 1. The van der Waals surface area contributed by atoms with Crippen LogP contribution in [0, 0.1) is 0 Å². The van der Waals surface area contributed by atoms with E-state index in [1.165, 1.54) is 25.3 Å². The van der Waals surface area contributed by atoms with Crippen LogP contribution < -0.4 is 10.5 Å². The highest BCUT2D eigenvalue weighted by molar-refractivity contribution is 7.89. The predicted octanol–water partition coefficient (Wildman–Crippen LogP) is 2.20. The molecular formula is C18H21ClN4O4S. The summed E-state index contributed by atoms with van der Waals surface area (Å²) in [4.78, 5) is 11.7. The summed E-state index contributed by atoms with van der Waals surface area (Å²) in [7, 11) is -2.36. The number of hydrogen-bond donors (Lipinski definition) is 1. The number of carbonyl (C=O) groups excluding carboxylic acids is 1. The molecule has 2 unspecified atom stereocenters. The molecule has 0 saturated carbocycles. The number of piperidine rings is 1. The van der Waals surface area contributed by atoms with Crippen molar-refractivity contribution in [2.75, 3.05) is 7.11 Å². The predicted molar refractivity (Wildman–Crippen MR) is 103 cm³/mol. The van der Waals surface area contributed by atoms with Crippen molar-refractivity contribution >= 4 is 27.5 Å². The van der Waals surface area contributed by atoms with Crippen LogP contribution in [-0.2, 0) is 10.0 Å². The average Bonchev–Trinajstić information content (AvgIpc) is 3.22. The second kappa shape index (κ2) is 7.06. The van der Waals surface area contributed by atoms with Gasteiger partial charge in [0.1, 0.15) is 5.75 Å². The number of sulfonamides is 1. The lowest BCUT2D eigenvalue weighted by molar-refractivity contribution is 0.0997. The van der Waals surface area contributed by atoms with Crippen LogP contribution in [0.1, 0.15) is 42.1 Å². The molecule has 1 aromatic heterocycles. The average molecular weight is 425 g/mol. The van der Waals surface area contributed by atoms with Gasteiger partial charge in [-0.2, -0.15) is 9.40 Å². The Morgan fingerprint density at radius 2 is 1.93 bits per heavy atom. The summed E-state index contributed by atoms with van der Waals surface area (Å²) in [6.45, 7) is 0. The number of rotatable bonds is 5. The zero-order valence-electron chi connectivity index (χ0n) is 15.3. The van der Waals surface area contributed by atoms with Gasteiger partial charge in [0.05, 0.1) is 34.8 Å². The van der Waals surface area contributed by atoms with Crippen LogP contribution in [0.4, 0.5) is 0 Å². The largest absolute Gasteiger partial charge is 0.496 e. The lowest BCUT2D eigenvalue weighted by atomic mass is 10.00. The summed E-state index contributed by atoms with van der Waals surface area (Å²) < 4.78 is 35.3. The lowest BCUT2D eigenvalue weighted by Gasteiger charge is -2.38. The molecule has 2 saturated heterocycles. The van der Waals surface area contributed by atoms with Crippen molar-refractivity contribution in [3.8, 4) is 5.75 Å². The molecule has 1 aromatic carbocycles. The summed E-state index contributed by atoms with van der Waals surface area (Å²) in [5.41, 5.74) is 5.44. The minimum Gasteiger partial charge on any atom is -0.496 e. The topological polar surface area (TPSA) is 108 Å². The van der Waals surface area contributed by atoms with Gasteiger partial charge in [-0.25, -0.2) is 8.42 Å². The SMILES string of the molecule is COc1ccc(S(=O)(=O)N2C3CCC2CC(n2cc(Cl)cn2)C3)cc1C(N)=O. The van der Waals surface area contributed by atoms with Crippen molar-refractivity contribution in [1.29, 1.82) is 0 Å². The van der Waals surface area contributed by atoms with Crippen LogP contribution in [0.25, 0.3) is 0 Å². The fraction of sp³-hybridized carbons (Fsp3) is 0.444. The molecule has 1 amide bonds. The molecule has 8 nitrogen and oxygen atoms in total. The van der Waals surface area contributed by atoms with Gasteiger partial charge in [-0.1, -0.05) is 11.6 Å². The minimum absolute atomic E-state index is 0.0528. The van der Waals surface area contributed by atoms with E-state index in [1.807, 2.05) is 4.68 Å². The van der Waals surface area contributed by atoms with E-state index in [2.05, 4.69) is 5.10 Å².